The standard InChI is InChI=1S/C26H25IN2O8S/c1-3-36-20-13-16(12-19(27)23(20)37-25(32)17-4-6-18(34-2)7-5-17)14-21-24(31)29(26(33)38-21)15-22(30)28-8-10-35-11-9-28/h4-7,12-14H,3,8-11,15H2,1-2H3/b21-14-. The van der Waals surface area contributed by atoms with Crippen LogP contribution in [-0.2, 0) is 14.3 Å². The van der Waals surface area contributed by atoms with E-state index in [1.165, 1.54) is 7.11 Å². The number of halogens is 1. The molecule has 2 fully saturated rings. The van der Waals surface area contributed by atoms with Gasteiger partial charge in [-0.15, -0.1) is 0 Å². The maximum atomic E-state index is 13.0. The number of morpholine rings is 1. The number of benzene rings is 2. The topological polar surface area (TPSA) is 112 Å². The number of hydrogen-bond acceptors (Lipinski definition) is 9. The van der Waals surface area contributed by atoms with Crippen molar-refractivity contribution in [1.29, 1.82) is 0 Å². The summed E-state index contributed by atoms with van der Waals surface area (Å²) in [6.45, 7) is 3.51. The summed E-state index contributed by atoms with van der Waals surface area (Å²) in [7, 11) is 1.54. The van der Waals surface area contributed by atoms with Crippen LogP contribution in [0.3, 0.4) is 0 Å². The Balaban J connectivity index is 1.52. The van der Waals surface area contributed by atoms with Crippen LogP contribution in [-0.4, -0.2) is 79.4 Å². The summed E-state index contributed by atoms with van der Waals surface area (Å²) in [4.78, 5) is 53.5. The van der Waals surface area contributed by atoms with Crippen molar-refractivity contribution in [2.75, 3.05) is 46.6 Å². The highest BCUT2D eigenvalue weighted by atomic mass is 127. The fraction of sp³-hybridized carbons (Fsp3) is 0.308. The molecule has 4 rings (SSSR count). The van der Waals surface area contributed by atoms with Crippen molar-refractivity contribution in [3.8, 4) is 17.2 Å². The van der Waals surface area contributed by atoms with Gasteiger partial charge in [0.2, 0.25) is 5.91 Å². The fourth-order valence-corrected chi connectivity index (χ4v) is 5.32. The number of methoxy groups -OCH3 is 1. The van der Waals surface area contributed by atoms with Gasteiger partial charge in [-0.05, 0) is 89.3 Å². The van der Waals surface area contributed by atoms with Gasteiger partial charge in [0.05, 0.1) is 41.0 Å². The number of carbonyl (C=O) groups is 4. The first kappa shape index (κ1) is 27.9. The van der Waals surface area contributed by atoms with Crippen LogP contribution < -0.4 is 14.2 Å². The highest BCUT2D eigenvalue weighted by Crippen LogP contribution is 2.38. The number of amides is 3. The van der Waals surface area contributed by atoms with Crippen molar-refractivity contribution in [2.24, 2.45) is 0 Å². The molecule has 0 saturated carbocycles. The molecule has 0 N–H and O–H groups in total. The van der Waals surface area contributed by atoms with Crippen LogP contribution in [0.2, 0.25) is 0 Å². The van der Waals surface area contributed by atoms with Gasteiger partial charge in [-0.25, -0.2) is 4.79 Å². The molecule has 200 valence electrons. The average Bonchev–Trinajstić information content (AvgIpc) is 3.18. The number of rotatable bonds is 8. The molecule has 0 unspecified atom stereocenters. The lowest BCUT2D eigenvalue weighted by Crippen LogP contribution is -2.46. The Morgan fingerprint density at radius 2 is 1.84 bits per heavy atom. The monoisotopic (exact) mass is 652 g/mol. The second-order valence-corrected chi connectivity index (χ2v) is 10.3. The molecule has 3 amide bonds. The van der Waals surface area contributed by atoms with Gasteiger partial charge in [-0.1, -0.05) is 0 Å². The highest BCUT2D eigenvalue weighted by Gasteiger charge is 2.37. The van der Waals surface area contributed by atoms with Gasteiger partial charge in [-0.2, -0.15) is 0 Å². The highest BCUT2D eigenvalue weighted by molar-refractivity contribution is 14.1. The normalized spacial score (nSPS) is 16.7. The maximum absolute atomic E-state index is 13.0. The van der Waals surface area contributed by atoms with E-state index in [1.807, 2.05) is 22.6 Å². The second kappa shape index (κ2) is 12.6. The second-order valence-electron chi connectivity index (χ2n) is 8.14. The Morgan fingerprint density at radius 1 is 1.13 bits per heavy atom. The summed E-state index contributed by atoms with van der Waals surface area (Å²) in [5, 5.41) is -0.507. The third kappa shape index (κ3) is 6.48. The first-order valence-corrected chi connectivity index (χ1v) is 13.6. The Labute approximate surface area is 237 Å². The van der Waals surface area contributed by atoms with Crippen LogP contribution >= 0.6 is 34.4 Å². The van der Waals surface area contributed by atoms with Gasteiger partial charge in [-0.3, -0.25) is 19.3 Å². The van der Waals surface area contributed by atoms with E-state index in [4.69, 9.17) is 18.9 Å². The SMILES string of the molecule is CCOc1cc(/C=C2\SC(=O)N(CC(=O)N3CCOCC3)C2=O)cc(I)c1OC(=O)c1ccc(OC)cc1. The van der Waals surface area contributed by atoms with Crippen molar-refractivity contribution in [3.63, 3.8) is 0 Å². The maximum Gasteiger partial charge on any atom is 0.343 e. The number of ether oxygens (including phenoxy) is 4. The van der Waals surface area contributed by atoms with E-state index in [1.54, 1.807) is 54.3 Å². The lowest BCUT2D eigenvalue weighted by molar-refractivity contribution is -0.139. The molecule has 2 aliphatic rings. The molecule has 2 aromatic rings. The summed E-state index contributed by atoms with van der Waals surface area (Å²) >= 11 is 2.79. The minimum absolute atomic E-state index is 0.186. The molecule has 0 bridgehead atoms. The molecule has 0 atom stereocenters. The first-order valence-electron chi connectivity index (χ1n) is 11.7. The number of nitrogens with zero attached hydrogens (tertiary/aromatic N) is 2. The molecule has 2 heterocycles. The first-order chi connectivity index (χ1) is 18.3. The molecule has 2 aromatic carbocycles. The largest absolute Gasteiger partial charge is 0.497 e. The smallest absolute Gasteiger partial charge is 0.343 e. The number of esters is 1. The number of imide groups is 1. The van der Waals surface area contributed by atoms with Crippen molar-refractivity contribution in [3.05, 3.63) is 56.0 Å². The molecular formula is C26H25IN2O8S. The van der Waals surface area contributed by atoms with Gasteiger partial charge in [0.15, 0.2) is 11.5 Å². The van der Waals surface area contributed by atoms with Crippen molar-refractivity contribution in [1.82, 2.24) is 9.80 Å². The fourth-order valence-electron chi connectivity index (χ4n) is 3.75. The molecule has 0 radical (unpaired) electrons. The molecule has 0 spiro atoms. The van der Waals surface area contributed by atoms with E-state index in [0.717, 1.165) is 16.7 Å². The minimum atomic E-state index is -0.565. The summed E-state index contributed by atoms with van der Waals surface area (Å²) < 4.78 is 22.3. The molecule has 0 aromatic heterocycles. The molecule has 0 aliphatic carbocycles. The number of carbonyl (C=O) groups excluding carboxylic acids is 4. The van der Waals surface area contributed by atoms with Crippen LogP contribution in [0.1, 0.15) is 22.8 Å². The lowest BCUT2D eigenvalue weighted by atomic mass is 10.1. The molecule has 2 saturated heterocycles. The Kier molecular flexibility index (Phi) is 9.28. The molecule has 38 heavy (non-hydrogen) atoms. The van der Waals surface area contributed by atoms with E-state index in [2.05, 4.69) is 0 Å². The van der Waals surface area contributed by atoms with Crippen LogP contribution in [0.5, 0.6) is 17.2 Å². The van der Waals surface area contributed by atoms with Gasteiger partial charge >= 0.3 is 5.97 Å². The number of hydrogen-bond donors (Lipinski definition) is 0. The zero-order valence-corrected chi connectivity index (χ0v) is 23.7. The van der Waals surface area contributed by atoms with Crippen molar-refractivity contribution < 1.29 is 38.1 Å². The van der Waals surface area contributed by atoms with Gasteiger partial charge in [0, 0.05) is 13.1 Å². The Hall–Kier alpha value is -3.10. The van der Waals surface area contributed by atoms with Crippen LogP contribution in [0.4, 0.5) is 4.79 Å². The minimum Gasteiger partial charge on any atom is -0.497 e. The molecule has 10 nitrogen and oxygen atoms in total. The van der Waals surface area contributed by atoms with Gasteiger partial charge in [0.1, 0.15) is 12.3 Å². The molecule has 2 aliphatic heterocycles. The zero-order chi connectivity index (χ0) is 27.2. The van der Waals surface area contributed by atoms with Crippen molar-refractivity contribution in [2.45, 2.75) is 6.92 Å². The lowest BCUT2D eigenvalue weighted by Gasteiger charge is -2.28. The molecular weight excluding hydrogens is 627 g/mol. The van der Waals surface area contributed by atoms with Crippen LogP contribution in [0.25, 0.3) is 6.08 Å². The summed E-state index contributed by atoms with van der Waals surface area (Å²) in [6.07, 6.45) is 1.56. The Bertz CT molecular complexity index is 1270. The van der Waals surface area contributed by atoms with Gasteiger partial charge < -0.3 is 23.8 Å². The average molecular weight is 652 g/mol. The summed E-state index contributed by atoms with van der Waals surface area (Å²) in [5.41, 5.74) is 0.917. The Morgan fingerprint density at radius 3 is 2.50 bits per heavy atom. The van der Waals surface area contributed by atoms with Crippen LogP contribution in [0.15, 0.2) is 41.3 Å². The van der Waals surface area contributed by atoms with E-state index >= 15 is 0 Å². The quantitative estimate of drug-likeness (QED) is 0.182. The molecule has 12 heteroatoms. The number of thioether (sulfide) groups is 1. The predicted octanol–water partition coefficient (Wildman–Crippen LogP) is 3.81. The summed E-state index contributed by atoms with van der Waals surface area (Å²) in [6, 6.07) is 9.87. The van der Waals surface area contributed by atoms with E-state index in [9.17, 15) is 19.2 Å². The zero-order valence-electron chi connectivity index (χ0n) is 20.7. The third-order valence-electron chi connectivity index (χ3n) is 5.68. The van der Waals surface area contributed by atoms with Crippen LogP contribution in [0, 0.1) is 3.57 Å². The third-order valence-corrected chi connectivity index (χ3v) is 7.39. The van der Waals surface area contributed by atoms with Crippen molar-refractivity contribution >= 4 is 63.5 Å². The van der Waals surface area contributed by atoms with E-state index in [0.29, 0.717) is 59.1 Å². The van der Waals surface area contributed by atoms with E-state index in [-0.39, 0.29) is 23.1 Å². The van der Waals surface area contributed by atoms with E-state index < -0.39 is 17.1 Å². The summed E-state index contributed by atoms with van der Waals surface area (Å²) in [5.74, 6) is -0.225. The van der Waals surface area contributed by atoms with Gasteiger partial charge in [0.25, 0.3) is 11.1 Å². The predicted molar refractivity (Wildman–Crippen MR) is 148 cm³/mol.